The Labute approximate surface area is 117 Å². The van der Waals surface area contributed by atoms with E-state index in [0.29, 0.717) is 19.0 Å². The first-order valence-corrected chi connectivity index (χ1v) is 7.94. The van der Waals surface area contributed by atoms with E-state index in [1.165, 1.54) is 25.7 Å². The summed E-state index contributed by atoms with van der Waals surface area (Å²) < 4.78 is 0. The summed E-state index contributed by atoms with van der Waals surface area (Å²) in [5.41, 5.74) is 0. The van der Waals surface area contributed by atoms with Crippen LogP contribution in [0.5, 0.6) is 0 Å². The molecule has 0 aromatic heterocycles. The van der Waals surface area contributed by atoms with E-state index in [4.69, 9.17) is 5.11 Å². The zero-order valence-corrected chi connectivity index (χ0v) is 12.4. The number of unbranched alkanes of at least 4 members (excludes halogenated alkanes) is 1. The number of nitrogens with zero attached hydrogens (tertiary/aromatic N) is 1. The van der Waals surface area contributed by atoms with Gasteiger partial charge in [0, 0.05) is 25.7 Å². The fraction of sp³-hybridized carbons (Fsp3) is 0.933. The standard InChI is InChI=1S/C15H30N2O2/c1-2-3-11-17(12-8-13-18)15(19)16-14-9-6-4-5-7-10-14/h14,18H,2-13H2,1H3,(H,16,19). The molecule has 0 aromatic rings. The van der Waals surface area contributed by atoms with Crippen LogP contribution >= 0.6 is 0 Å². The van der Waals surface area contributed by atoms with Crippen molar-refractivity contribution in [3.05, 3.63) is 0 Å². The summed E-state index contributed by atoms with van der Waals surface area (Å²) in [4.78, 5) is 14.1. The Balaban J connectivity index is 2.39. The molecule has 0 heterocycles. The highest BCUT2D eigenvalue weighted by Crippen LogP contribution is 2.17. The SMILES string of the molecule is CCCCN(CCCO)C(=O)NC1CCCCCC1. The summed E-state index contributed by atoms with van der Waals surface area (Å²) in [5.74, 6) is 0. The molecule has 0 aliphatic heterocycles. The molecule has 1 saturated carbocycles. The van der Waals surface area contributed by atoms with Gasteiger partial charge in [0.1, 0.15) is 0 Å². The van der Waals surface area contributed by atoms with Crippen molar-refractivity contribution in [3.63, 3.8) is 0 Å². The van der Waals surface area contributed by atoms with Crippen LogP contribution in [0.4, 0.5) is 4.79 Å². The second kappa shape index (κ2) is 10.1. The van der Waals surface area contributed by atoms with Gasteiger partial charge in [-0.05, 0) is 25.7 Å². The van der Waals surface area contributed by atoms with Crippen molar-refractivity contribution in [2.24, 2.45) is 0 Å². The number of hydrogen-bond acceptors (Lipinski definition) is 2. The molecule has 0 atom stereocenters. The third kappa shape index (κ3) is 6.81. The molecule has 112 valence electrons. The lowest BCUT2D eigenvalue weighted by Crippen LogP contribution is -2.45. The van der Waals surface area contributed by atoms with Crippen LogP contribution in [0, 0.1) is 0 Å². The highest BCUT2D eigenvalue weighted by Gasteiger charge is 2.18. The molecule has 0 spiro atoms. The summed E-state index contributed by atoms with van der Waals surface area (Å²) in [6.45, 7) is 3.75. The fourth-order valence-electron chi connectivity index (χ4n) is 2.62. The summed E-state index contributed by atoms with van der Waals surface area (Å²) in [6.07, 6.45) is 10.1. The molecule has 0 unspecified atom stereocenters. The van der Waals surface area contributed by atoms with Gasteiger partial charge in [-0.3, -0.25) is 0 Å². The Morgan fingerprint density at radius 1 is 1.16 bits per heavy atom. The van der Waals surface area contributed by atoms with Crippen molar-refractivity contribution in [1.82, 2.24) is 10.2 Å². The number of aliphatic hydroxyl groups excluding tert-OH is 1. The summed E-state index contributed by atoms with van der Waals surface area (Å²) in [7, 11) is 0. The quantitative estimate of drug-likeness (QED) is 0.699. The molecule has 0 radical (unpaired) electrons. The molecular formula is C15H30N2O2. The van der Waals surface area contributed by atoms with E-state index in [-0.39, 0.29) is 12.6 Å². The third-order valence-corrected chi connectivity index (χ3v) is 3.84. The van der Waals surface area contributed by atoms with Crippen LogP contribution in [0.2, 0.25) is 0 Å². The Bertz CT molecular complexity index is 230. The second-order valence-electron chi connectivity index (χ2n) is 5.56. The molecule has 0 saturated heterocycles. The van der Waals surface area contributed by atoms with Crippen molar-refractivity contribution < 1.29 is 9.90 Å². The number of aliphatic hydroxyl groups is 1. The Hall–Kier alpha value is -0.770. The molecule has 1 rings (SSSR count). The first-order chi connectivity index (χ1) is 9.27. The van der Waals surface area contributed by atoms with Crippen molar-refractivity contribution in [1.29, 1.82) is 0 Å². The highest BCUT2D eigenvalue weighted by molar-refractivity contribution is 5.74. The van der Waals surface area contributed by atoms with Gasteiger partial charge in [0.25, 0.3) is 0 Å². The van der Waals surface area contributed by atoms with Crippen LogP contribution in [-0.2, 0) is 0 Å². The fourth-order valence-corrected chi connectivity index (χ4v) is 2.62. The van der Waals surface area contributed by atoms with E-state index < -0.39 is 0 Å². The van der Waals surface area contributed by atoms with Crippen LogP contribution < -0.4 is 5.32 Å². The molecular weight excluding hydrogens is 240 g/mol. The molecule has 4 heteroatoms. The van der Waals surface area contributed by atoms with Gasteiger partial charge in [0.15, 0.2) is 0 Å². The smallest absolute Gasteiger partial charge is 0.317 e. The molecule has 2 N–H and O–H groups in total. The maximum Gasteiger partial charge on any atom is 0.317 e. The van der Waals surface area contributed by atoms with E-state index in [9.17, 15) is 4.79 Å². The van der Waals surface area contributed by atoms with Crippen LogP contribution in [0.15, 0.2) is 0 Å². The molecule has 2 amide bonds. The largest absolute Gasteiger partial charge is 0.396 e. The highest BCUT2D eigenvalue weighted by atomic mass is 16.3. The zero-order valence-electron chi connectivity index (χ0n) is 12.4. The van der Waals surface area contributed by atoms with Crippen LogP contribution in [0.1, 0.15) is 64.7 Å². The van der Waals surface area contributed by atoms with Gasteiger partial charge in [0.2, 0.25) is 0 Å². The van der Waals surface area contributed by atoms with Crippen molar-refractivity contribution in [3.8, 4) is 0 Å². The minimum absolute atomic E-state index is 0.0637. The lowest BCUT2D eigenvalue weighted by atomic mass is 10.1. The Morgan fingerprint density at radius 3 is 2.37 bits per heavy atom. The minimum atomic E-state index is 0.0637. The van der Waals surface area contributed by atoms with Gasteiger partial charge in [0.05, 0.1) is 0 Å². The van der Waals surface area contributed by atoms with Gasteiger partial charge in [-0.15, -0.1) is 0 Å². The first-order valence-electron chi connectivity index (χ1n) is 7.94. The van der Waals surface area contributed by atoms with Gasteiger partial charge in [-0.2, -0.15) is 0 Å². The van der Waals surface area contributed by atoms with Gasteiger partial charge in [-0.1, -0.05) is 39.0 Å². The van der Waals surface area contributed by atoms with Crippen LogP contribution in [-0.4, -0.2) is 41.8 Å². The average Bonchev–Trinajstić information content (AvgIpc) is 2.67. The summed E-state index contributed by atoms with van der Waals surface area (Å²) >= 11 is 0. The Kier molecular flexibility index (Phi) is 8.63. The number of carbonyl (C=O) groups excluding carboxylic acids is 1. The normalized spacial score (nSPS) is 16.9. The topological polar surface area (TPSA) is 52.6 Å². The predicted molar refractivity (Wildman–Crippen MR) is 78.2 cm³/mol. The predicted octanol–water partition coefficient (Wildman–Crippen LogP) is 2.90. The van der Waals surface area contributed by atoms with E-state index in [1.54, 1.807) is 0 Å². The van der Waals surface area contributed by atoms with Gasteiger partial charge < -0.3 is 15.3 Å². The summed E-state index contributed by atoms with van der Waals surface area (Å²) in [6, 6.07) is 0.419. The van der Waals surface area contributed by atoms with Crippen molar-refractivity contribution >= 4 is 6.03 Å². The molecule has 1 aliphatic carbocycles. The molecule has 0 aromatic carbocycles. The average molecular weight is 270 g/mol. The number of urea groups is 1. The summed E-state index contributed by atoms with van der Waals surface area (Å²) in [5, 5.41) is 12.1. The third-order valence-electron chi connectivity index (χ3n) is 3.84. The van der Waals surface area contributed by atoms with Crippen LogP contribution in [0.25, 0.3) is 0 Å². The van der Waals surface area contributed by atoms with E-state index >= 15 is 0 Å². The monoisotopic (exact) mass is 270 g/mol. The Morgan fingerprint density at radius 2 is 1.79 bits per heavy atom. The van der Waals surface area contributed by atoms with E-state index in [0.717, 1.165) is 32.2 Å². The second-order valence-corrected chi connectivity index (χ2v) is 5.56. The van der Waals surface area contributed by atoms with Crippen LogP contribution in [0.3, 0.4) is 0 Å². The number of carbonyl (C=O) groups is 1. The molecule has 4 nitrogen and oxygen atoms in total. The lowest BCUT2D eigenvalue weighted by molar-refractivity contribution is 0.183. The minimum Gasteiger partial charge on any atom is -0.396 e. The molecule has 0 bridgehead atoms. The first kappa shape index (κ1) is 16.3. The maximum absolute atomic E-state index is 12.3. The molecule has 1 fully saturated rings. The van der Waals surface area contributed by atoms with Crippen molar-refractivity contribution in [2.75, 3.05) is 19.7 Å². The molecule has 19 heavy (non-hydrogen) atoms. The zero-order chi connectivity index (χ0) is 13.9. The number of hydrogen-bond donors (Lipinski definition) is 2. The van der Waals surface area contributed by atoms with Crippen molar-refractivity contribution in [2.45, 2.75) is 70.8 Å². The van der Waals surface area contributed by atoms with Gasteiger partial charge in [-0.25, -0.2) is 4.79 Å². The van der Waals surface area contributed by atoms with Gasteiger partial charge >= 0.3 is 6.03 Å². The number of rotatable bonds is 7. The molecule has 1 aliphatic rings. The van der Waals surface area contributed by atoms with E-state index in [2.05, 4.69) is 12.2 Å². The number of amides is 2. The van der Waals surface area contributed by atoms with E-state index in [1.807, 2.05) is 4.90 Å². The lowest BCUT2D eigenvalue weighted by Gasteiger charge is -2.26. The maximum atomic E-state index is 12.3. The number of nitrogens with one attached hydrogen (secondary N) is 1.